The van der Waals surface area contributed by atoms with Crippen molar-refractivity contribution in [2.45, 2.75) is 24.8 Å². The molecule has 14 heavy (non-hydrogen) atoms. The van der Waals surface area contributed by atoms with Gasteiger partial charge in [-0.2, -0.15) is 0 Å². The molecule has 0 aliphatic heterocycles. The fraction of sp³-hybridized carbons (Fsp3) is 0.364. The number of H-pyrrole nitrogens is 1. The highest BCUT2D eigenvalue weighted by Gasteiger charge is 2.33. The molecular weight excluding hydrogens is 176 g/mol. The lowest BCUT2D eigenvalue weighted by molar-refractivity contribution is 0.0905. The Kier molecular flexibility index (Phi) is 2.25. The number of rotatable bonds is 2. The van der Waals surface area contributed by atoms with Gasteiger partial charge in [-0.3, -0.25) is 4.79 Å². The van der Waals surface area contributed by atoms with Crippen LogP contribution in [0.15, 0.2) is 30.5 Å². The van der Waals surface area contributed by atoms with Crippen molar-refractivity contribution in [1.82, 2.24) is 4.98 Å². The van der Waals surface area contributed by atoms with Crippen molar-refractivity contribution >= 4 is 5.78 Å². The number of hydrogen-bond acceptors (Lipinski definition) is 2. The summed E-state index contributed by atoms with van der Waals surface area (Å²) in [5.41, 5.74) is 5.85. The van der Waals surface area contributed by atoms with E-state index in [2.05, 4.69) is 4.98 Å². The monoisotopic (exact) mass is 190 g/mol. The fourth-order valence-corrected chi connectivity index (χ4v) is 1.80. The number of nitrogens with one attached hydrogen (secondary N) is 1. The minimum Gasteiger partial charge on any atom is -0.359 e. The maximum absolute atomic E-state index is 12.0. The third-order valence-corrected chi connectivity index (χ3v) is 2.64. The second-order valence-electron chi connectivity index (χ2n) is 3.75. The summed E-state index contributed by atoms with van der Waals surface area (Å²) in [6.07, 6.45) is 8.31. The lowest BCUT2D eigenvalue weighted by Crippen LogP contribution is -2.47. The first-order valence-electron chi connectivity index (χ1n) is 4.87. The highest BCUT2D eigenvalue weighted by Crippen LogP contribution is 2.23. The van der Waals surface area contributed by atoms with E-state index < -0.39 is 5.54 Å². The van der Waals surface area contributed by atoms with Crippen molar-refractivity contribution in [2.24, 2.45) is 5.73 Å². The van der Waals surface area contributed by atoms with Gasteiger partial charge in [0, 0.05) is 6.20 Å². The molecule has 3 nitrogen and oxygen atoms in total. The molecule has 1 aliphatic rings. The molecule has 1 heterocycles. The van der Waals surface area contributed by atoms with E-state index in [0.29, 0.717) is 5.69 Å². The van der Waals surface area contributed by atoms with Crippen molar-refractivity contribution in [3.63, 3.8) is 0 Å². The zero-order chi connectivity index (χ0) is 10.0. The maximum atomic E-state index is 12.0. The molecule has 1 atom stereocenters. The standard InChI is InChI=1S/C11H14N2O/c12-11(6-2-1-3-7-11)10(14)9-5-4-8-13-9/h2,4-6,8,13H,1,3,7,12H2/t11-/m0/s1. The van der Waals surface area contributed by atoms with E-state index in [1.54, 1.807) is 12.3 Å². The summed E-state index contributed by atoms with van der Waals surface area (Å²) >= 11 is 0. The Morgan fingerprint density at radius 1 is 1.57 bits per heavy atom. The number of aromatic amines is 1. The van der Waals surface area contributed by atoms with Gasteiger partial charge in [0.05, 0.1) is 11.2 Å². The third kappa shape index (κ3) is 1.51. The Morgan fingerprint density at radius 3 is 3.00 bits per heavy atom. The number of hydrogen-bond donors (Lipinski definition) is 2. The molecule has 0 amide bonds. The van der Waals surface area contributed by atoms with Gasteiger partial charge in [-0.05, 0) is 31.4 Å². The first-order valence-corrected chi connectivity index (χ1v) is 4.87. The average molecular weight is 190 g/mol. The first kappa shape index (κ1) is 9.21. The van der Waals surface area contributed by atoms with E-state index in [9.17, 15) is 4.79 Å². The quantitative estimate of drug-likeness (QED) is 0.550. The Bertz CT molecular complexity index is 353. The lowest BCUT2D eigenvalue weighted by atomic mass is 9.83. The largest absolute Gasteiger partial charge is 0.359 e. The van der Waals surface area contributed by atoms with Gasteiger partial charge in [-0.1, -0.05) is 12.2 Å². The van der Waals surface area contributed by atoms with E-state index in [0.717, 1.165) is 19.3 Å². The second-order valence-corrected chi connectivity index (χ2v) is 3.75. The van der Waals surface area contributed by atoms with Crippen LogP contribution in [-0.2, 0) is 0 Å². The van der Waals surface area contributed by atoms with Gasteiger partial charge >= 0.3 is 0 Å². The Labute approximate surface area is 83.0 Å². The number of ketones is 1. The average Bonchev–Trinajstić information content (AvgIpc) is 2.70. The zero-order valence-corrected chi connectivity index (χ0v) is 7.99. The maximum Gasteiger partial charge on any atom is 0.202 e. The molecule has 0 saturated carbocycles. The molecule has 1 aromatic rings. The summed E-state index contributed by atoms with van der Waals surface area (Å²) in [5.74, 6) is -0.0153. The van der Waals surface area contributed by atoms with Gasteiger partial charge in [0.25, 0.3) is 0 Å². The number of allylic oxidation sites excluding steroid dienone is 1. The van der Waals surface area contributed by atoms with Crippen LogP contribution in [0.3, 0.4) is 0 Å². The van der Waals surface area contributed by atoms with Gasteiger partial charge in [0.2, 0.25) is 5.78 Å². The fourth-order valence-electron chi connectivity index (χ4n) is 1.80. The van der Waals surface area contributed by atoms with E-state index in [1.807, 2.05) is 18.2 Å². The predicted octanol–water partition coefficient (Wildman–Crippen LogP) is 1.64. The van der Waals surface area contributed by atoms with Crippen molar-refractivity contribution in [3.8, 4) is 0 Å². The van der Waals surface area contributed by atoms with Crippen LogP contribution in [0.4, 0.5) is 0 Å². The highest BCUT2D eigenvalue weighted by atomic mass is 16.1. The molecule has 0 bridgehead atoms. The van der Waals surface area contributed by atoms with Gasteiger partial charge in [-0.15, -0.1) is 0 Å². The number of aromatic nitrogens is 1. The van der Waals surface area contributed by atoms with Crippen LogP contribution in [0.1, 0.15) is 29.8 Å². The molecule has 0 aromatic carbocycles. The number of carbonyl (C=O) groups is 1. The molecule has 0 spiro atoms. The third-order valence-electron chi connectivity index (χ3n) is 2.64. The molecule has 0 fully saturated rings. The first-order chi connectivity index (χ1) is 6.72. The molecule has 1 aromatic heterocycles. The molecule has 0 saturated heterocycles. The summed E-state index contributed by atoms with van der Waals surface area (Å²) in [7, 11) is 0. The number of nitrogens with two attached hydrogens (primary N) is 1. The molecular formula is C11H14N2O. The van der Waals surface area contributed by atoms with E-state index >= 15 is 0 Å². The lowest BCUT2D eigenvalue weighted by Gasteiger charge is -2.26. The van der Waals surface area contributed by atoms with Crippen molar-refractivity contribution < 1.29 is 4.79 Å². The Hall–Kier alpha value is -1.35. The molecule has 74 valence electrons. The van der Waals surface area contributed by atoms with E-state index in [1.165, 1.54) is 0 Å². The number of carbonyl (C=O) groups excluding carboxylic acids is 1. The summed E-state index contributed by atoms with van der Waals surface area (Å²) in [4.78, 5) is 14.9. The van der Waals surface area contributed by atoms with Crippen LogP contribution < -0.4 is 5.73 Å². The molecule has 0 radical (unpaired) electrons. The minimum absolute atomic E-state index is 0.0153. The molecule has 0 unspecified atom stereocenters. The van der Waals surface area contributed by atoms with Gasteiger partial charge in [-0.25, -0.2) is 0 Å². The van der Waals surface area contributed by atoms with Crippen molar-refractivity contribution in [3.05, 3.63) is 36.2 Å². The van der Waals surface area contributed by atoms with E-state index in [4.69, 9.17) is 5.73 Å². The van der Waals surface area contributed by atoms with Crippen LogP contribution in [0.5, 0.6) is 0 Å². The van der Waals surface area contributed by atoms with Crippen LogP contribution >= 0.6 is 0 Å². The van der Waals surface area contributed by atoms with Crippen LogP contribution in [0.25, 0.3) is 0 Å². The van der Waals surface area contributed by atoms with Crippen LogP contribution in [-0.4, -0.2) is 16.3 Å². The smallest absolute Gasteiger partial charge is 0.202 e. The van der Waals surface area contributed by atoms with Crippen molar-refractivity contribution in [2.75, 3.05) is 0 Å². The van der Waals surface area contributed by atoms with Crippen LogP contribution in [0, 0.1) is 0 Å². The summed E-state index contributed by atoms with van der Waals surface area (Å²) in [5, 5.41) is 0. The Morgan fingerprint density at radius 2 is 2.43 bits per heavy atom. The summed E-state index contributed by atoms with van der Waals surface area (Å²) < 4.78 is 0. The molecule has 1 aliphatic carbocycles. The highest BCUT2D eigenvalue weighted by molar-refractivity contribution is 6.03. The van der Waals surface area contributed by atoms with Gasteiger partial charge in [0.1, 0.15) is 0 Å². The zero-order valence-electron chi connectivity index (χ0n) is 7.99. The second kappa shape index (κ2) is 3.42. The summed E-state index contributed by atoms with van der Waals surface area (Å²) in [6.45, 7) is 0. The van der Waals surface area contributed by atoms with Crippen LogP contribution in [0.2, 0.25) is 0 Å². The SMILES string of the molecule is N[C@@]1(C(=O)c2ccc[nH]2)C=CCCC1. The minimum atomic E-state index is -0.789. The topological polar surface area (TPSA) is 58.9 Å². The van der Waals surface area contributed by atoms with Gasteiger partial charge in [0.15, 0.2) is 0 Å². The predicted molar refractivity (Wildman–Crippen MR) is 55.0 cm³/mol. The normalized spacial score (nSPS) is 26.4. The van der Waals surface area contributed by atoms with Crippen molar-refractivity contribution in [1.29, 1.82) is 0 Å². The molecule has 2 rings (SSSR count). The molecule has 3 N–H and O–H groups in total. The van der Waals surface area contributed by atoms with Gasteiger partial charge < -0.3 is 10.7 Å². The Balaban J connectivity index is 2.26. The summed E-state index contributed by atoms with van der Waals surface area (Å²) in [6, 6.07) is 3.57. The number of Topliss-reactive ketones (excluding diaryl/α,β-unsaturated/α-hetero) is 1. The molecule has 3 heteroatoms. The van der Waals surface area contributed by atoms with E-state index in [-0.39, 0.29) is 5.78 Å².